The number of fused-ring (bicyclic) bond motifs is 2. The molecule has 2 heterocycles. The van der Waals surface area contributed by atoms with Gasteiger partial charge in [0.2, 0.25) is 5.75 Å². The summed E-state index contributed by atoms with van der Waals surface area (Å²) in [6, 6.07) is 12.9. The van der Waals surface area contributed by atoms with E-state index < -0.39 is 33.9 Å². The molecule has 4 aromatic rings. The molecule has 1 aromatic heterocycles. The van der Waals surface area contributed by atoms with Crippen molar-refractivity contribution in [3.05, 3.63) is 101 Å². The van der Waals surface area contributed by atoms with Crippen molar-refractivity contribution in [1.29, 1.82) is 0 Å². The first-order valence-electron chi connectivity index (χ1n) is 12.5. The maximum atomic E-state index is 14.1. The second kappa shape index (κ2) is 10.9. The van der Waals surface area contributed by atoms with Gasteiger partial charge in [0.05, 0.1) is 41.6 Å². The molecule has 5 rings (SSSR count). The maximum Gasteiger partial charge on any atom is 0.338 e. The number of hydrogen-bond acceptors (Lipinski definition) is 10. The summed E-state index contributed by atoms with van der Waals surface area (Å²) in [5.41, 5.74) is 0.398. The smallest absolute Gasteiger partial charge is 0.338 e. The summed E-state index contributed by atoms with van der Waals surface area (Å²) >= 11 is 1.06. The number of nitro benzene ring substituents is 1. The number of ether oxygens (including phenoxy) is 3. The molecule has 3 aromatic carbocycles. The largest absolute Gasteiger partial charge is 0.500 e. The third-order valence-corrected chi connectivity index (χ3v) is 7.72. The minimum atomic E-state index is -0.933. The molecule has 1 aliphatic heterocycles. The van der Waals surface area contributed by atoms with Crippen molar-refractivity contribution in [3.8, 4) is 17.2 Å². The number of aromatic hydroxyl groups is 1. The number of thiazole rings is 1. The van der Waals surface area contributed by atoms with Crippen molar-refractivity contribution in [2.24, 2.45) is 4.99 Å². The highest BCUT2D eigenvalue weighted by Gasteiger charge is 2.36. The third kappa shape index (κ3) is 4.72. The number of benzene rings is 3. The van der Waals surface area contributed by atoms with Gasteiger partial charge in [0.25, 0.3) is 5.56 Å². The van der Waals surface area contributed by atoms with Gasteiger partial charge in [-0.25, -0.2) is 9.79 Å². The normalized spacial score (nSPS) is 14.9. The Balaban J connectivity index is 1.83. The predicted molar refractivity (Wildman–Crippen MR) is 152 cm³/mol. The van der Waals surface area contributed by atoms with Crippen LogP contribution < -0.4 is 24.4 Å². The SMILES string of the molecule is CCOC(=O)C1=C(C)N=c2s/c(=C\c3cc(OC)c(O)c([N+](=O)[O-])c3)c(=O)n2[C@@H]1c1c(OC)ccc2ccccc12. The lowest BCUT2D eigenvalue weighted by Crippen LogP contribution is -2.40. The van der Waals surface area contributed by atoms with Crippen molar-refractivity contribution in [2.45, 2.75) is 19.9 Å². The van der Waals surface area contributed by atoms with Gasteiger partial charge in [-0.2, -0.15) is 0 Å². The zero-order valence-corrected chi connectivity index (χ0v) is 23.4. The maximum absolute atomic E-state index is 14.1. The zero-order chi connectivity index (χ0) is 29.4. The minimum Gasteiger partial charge on any atom is -0.500 e. The Morgan fingerprint density at radius 2 is 1.90 bits per heavy atom. The second-order valence-electron chi connectivity index (χ2n) is 9.05. The van der Waals surface area contributed by atoms with E-state index in [-0.39, 0.29) is 28.0 Å². The van der Waals surface area contributed by atoms with Crippen LogP contribution in [-0.4, -0.2) is 41.4 Å². The molecule has 1 atom stereocenters. The van der Waals surface area contributed by atoms with E-state index >= 15 is 0 Å². The highest BCUT2D eigenvalue weighted by Crippen LogP contribution is 2.40. The molecule has 0 saturated heterocycles. The van der Waals surface area contributed by atoms with Gasteiger partial charge >= 0.3 is 11.7 Å². The average Bonchev–Trinajstić information content (AvgIpc) is 3.26. The fourth-order valence-electron chi connectivity index (χ4n) is 4.94. The van der Waals surface area contributed by atoms with E-state index in [4.69, 9.17) is 14.2 Å². The van der Waals surface area contributed by atoms with Gasteiger partial charge in [-0.3, -0.25) is 19.5 Å². The molecule has 0 fully saturated rings. The standard InChI is InChI=1S/C29H25N3O8S/c1-5-40-28(35)23-15(2)30-29-31(25(23)24-18-9-7-6-8-17(18)10-11-20(24)38-3)27(34)22(41-29)14-16-12-19(32(36)37)26(33)21(13-16)39-4/h6-14,25,33H,5H2,1-4H3/b22-14-/t25-/m0/s1. The van der Waals surface area contributed by atoms with Gasteiger partial charge in [-0.1, -0.05) is 41.7 Å². The molecule has 0 amide bonds. The monoisotopic (exact) mass is 575 g/mol. The molecule has 0 saturated carbocycles. The molecule has 1 aliphatic rings. The number of allylic oxidation sites excluding steroid dienone is 1. The number of carbonyl (C=O) groups excluding carboxylic acids is 1. The van der Waals surface area contributed by atoms with Crippen LogP contribution in [0, 0.1) is 10.1 Å². The molecule has 0 unspecified atom stereocenters. The Morgan fingerprint density at radius 3 is 2.59 bits per heavy atom. The van der Waals surface area contributed by atoms with E-state index in [2.05, 4.69) is 4.99 Å². The number of hydrogen-bond donors (Lipinski definition) is 1. The number of nitrogens with zero attached hydrogens (tertiary/aromatic N) is 3. The number of rotatable bonds is 7. The predicted octanol–water partition coefficient (Wildman–Crippen LogP) is 3.58. The lowest BCUT2D eigenvalue weighted by atomic mass is 9.90. The molecule has 0 bridgehead atoms. The number of nitro groups is 1. The Labute approximate surface area is 237 Å². The molecule has 1 N–H and O–H groups in total. The second-order valence-corrected chi connectivity index (χ2v) is 10.1. The van der Waals surface area contributed by atoms with Crippen molar-refractivity contribution in [1.82, 2.24) is 4.57 Å². The molecule has 0 radical (unpaired) electrons. The van der Waals surface area contributed by atoms with E-state index in [1.165, 1.54) is 30.9 Å². The van der Waals surface area contributed by atoms with E-state index in [1.807, 2.05) is 30.3 Å². The summed E-state index contributed by atoms with van der Waals surface area (Å²) in [4.78, 5) is 43.1. The summed E-state index contributed by atoms with van der Waals surface area (Å²) < 4.78 is 17.9. The first-order valence-corrected chi connectivity index (χ1v) is 13.3. The van der Waals surface area contributed by atoms with Crippen molar-refractivity contribution in [3.63, 3.8) is 0 Å². The van der Waals surface area contributed by atoms with Gasteiger partial charge in [0.15, 0.2) is 10.6 Å². The Hall–Kier alpha value is -4.97. The fourth-order valence-corrected chi connectivity index (χ4v) is 5.99. The molecule has 0 spiro atoms. The Morgan fingerprint density at radius 1 is 1.17 bits per heavy atom. The van der Waals surface area contributed by atoms with Crippen LogP contribution in [0.5, 0.6) is 17.2 Å². The van der Waals surface area contributed by atoms with Gasteiger partial charge in [-0.05, 0) is 48.4 Å². The van der Waals surface area contributed by atoms with E-state index in [0.29, 0.717) is 21.8 Å². The number of aromatic nitrogens is 1. The molecule has 210 valence electrons. The lowest BCUT2D eigenvalue weighted by molar-refractivity contribution is -0.386. The van der Waals surface area contributed by atoms with Crippen LogP contribution in [0.1, 0.15) is 31.0 Å². The molecule has 0 aliphatic carbocycles. The Kier molecular flexibility index (Phi) is 7.33. The van der Waals surface area contributed by atoms with Crippen molar-refractivity contribution < 1.29 is 29.0 Å². The number of phenols is 1. The van der Waals surface area contributed by atoms with E-state index in [9.17, 15) is 24.8 Å². The fraction of sp³-hybridized carbons (Fsp3) is 0.207. The summed E-state index contributed by atoms with van der Waals surface area (Å²) in [6.07, 6.45) is 1.46. The van der Waals surface area contributed by atoms with E-state index in [1.54, 1.807) is 19.9 Å². The third-order valence-electron chi connectivity index (χ3n) is 6.73. The van der Waals surface area contributed by atoms with Crippen molar-refractivity contribution in [2.75, 3.05) is 20.8 Å². The number of methoxy groups -OCH3 is 2. The van der Waals surface area contributed by atoms with Crippen LogP contribution >= 0.6 is 11.3 Å². The van der Waals surface area contributed by atoms with Gasteiger partial charge in [0.1, 0.15) is 11.8 Å². The number of phenolic OH excluding ortho intramolecular Hbond substituents is 1. The van der Waals surface area contributed by atoms with Crippen LogP contribution in [0.15, 0.2) is 69.6 Å². The van der Waals surface area contributed by atoms with Gasteiger partial charge in [-0.15, -0.1) is 0 Å². The quantitative estimate of drug-likeness (QED) is 0.200. The first kappa shape index (κ1) is 27.6. The van der Waals surface area contributed by atoms with E-state index in [0.717, 1.165) is 28.2 Å². The Bertz CT molecular complexity index is 1940. The van der Waals surface area contributed by atoms with Crippen molar-refractivity contribution >= 4 is 39.8 Å². The van der Waals surface area contributed by atoms with Crippen LogP contribution in [0.3, 0.4) is 0 Å². The summed E-state index contributed by atoms with van der Waals surface area (Å²) in [5, 5.41) is 23.3. The minimum absolute atomic E-state index is 0.114. The van der Waals surface area contributed by atoms with Crippen LogP contribution in [0.2, 0.25) is 0 Å². The lowest BCUT2D eigenvalue weighted by Gasteiger charge is -2.27. The number of carbonyl (C=O) groups is 1. The summed E-state index contributed by atoms with van der Waals surface area (Å²) in [6.45, 7) is 3.50. The molecular weight excluding hydrogens is 550 g/mol. The first-order chi connectivity index (χ1) is 19.7. The summed E-state index contributed by atoms with van der Waals surface area (Å²) in [5.74, 6) is -0.869. The molecule has 12 heteroatoms. The summed E-state index contributed by atoms with van der Waals surface area (Å²) in [7, 11) is 2.79. The molecular formula is C29H25N3O8S. The average molecular weight is 576 g/mol. The number of esters is 1. The molecule has 41 heavy (non-hydrogen) atoms. The topological polar surface area (TPSA) is 142 Å². The van der Waals surface area contributed by atoms with Gasteiger partial charge < -0.3 is 19.3 Å². The molecule has 11 nitrogen and oxygen atoms in total. The van der Waals surface area contributed by atoms with Crippen LogP contribution in [0.4, 0.5) is 5.69 Å². The highest BCUT2D eigenvalue weighted by atomic mass is 32.1. The zero-order valence-electron chi connectivity index (χ0n) is 22.5. The van der Waals surface area contributed by atoms with Gasteiger partial charge in [0, 0.05) is 11.6 Å². The van der Waals surface area contributed by atoms with Crippen LogP contribution in [0.25, 0.3) is 16.8 Å². The highest BCUT2D eigenvalue weighted by molar-refractivity contribution is 7.07. The van der Waals surface area contributed by atoms with Crippen LogP contribution in [-0.2, 0) is 9.53 Å².